The fourth-order valence-electron chi connectivity index (χ4n) is 2.19. The summed E-state index contributed by atoms with van der Waals surface area (Å²) in [5.41, 5.74) is 1.25. The summed E-state index contributed by atoms with van der Waals surface area (Å²) in [6.45, 7) is 5.71. The van der Waals surface area contributed by atoms with E-state index in [1.165, 1.54) is 0 Å². The number of hydrogen-bond acceptors (Lipinski definition) is 8. The van der Waals surface area contributed by atoms with Crippen LogP contribution in [0.1, 0.15) is 32.6 Å². The summed E-state index contributed by atoms with van der Waals surface area (Å²) in [7, 11) is 0. The van der Waals surface area contributed by atoms with Crippen molar-refractivity contribution in [2.75, 3.05) is 10.6 Å². The molecule has 3 heterocycles. The van der Waals surface area contributed by atoms with Crippen molar-refractivity contribution in [3.8, 4) is 0 Å². The van der Waals surface area contributed by atoms with Gasteiger partial charge in [-0.1, -0.05) is 0 Å². The number of aromatic nitrogens is 5. The molecule has 0 saturated carbocycles. The van der Waals surface area contributed by atoms with Gasteiger partial charge >= 0.3 is 0 Å². The molecule has 8 nitrogen and oxygen atoms in total. The smallest absolute Gasteiger partial charge is 0.229 e. The highest BCUT2D eigenvalue weighted by molar-refractivity contribution is 5.89. The van der Waals surface area contributed by atoms with E-state index < -0.39 is 6.10 Å². The summed E-state index contributed by atoms with van der Waals surface area (Å²) < 4.78 is 0. The van der Waals surface area contributed by atoms with Crippen molar-refractivity contribution in [1.82, 2.24) is 25.1 Å². The topological polar surface area (TPSA) is 109 Å². The summed E-state index contributed by atoms with van der Waals surface area (Å²) in [4.78, 5) is 13.3. The molecule has 124 valence electrons. The average Bonchev–Trinajstić information content (AvgIpc) is 2.55. The second-order valence-corrected chi connectivity index (χ2v) is 5.74. The van der Waals surface area contributed by atoms with Crippen LogP contribution in [0.3, 0.4) is 0 Å². The van der Waals surface area contributed by atoms with Crippen molar-refractivity contribution in [3.05, 3.63) is 36.3 Å². The normalized spacial score (nSPS) is 12.4. The van der Waals surface area contributed by atoms with Crippen LogP contribution in [0, 0.1) is 0 Å². The lowest BCUT2D eigenvalue weighted by molar-refractivity contribution is 0.194. The quantitative estimate of drug-likeness (QED) is 0.656. The molecule has 1 atom stereocenters. The Hall–Kier alpha value is -2.87. The Bertz CT molecular complexity index is 836. The molecule has 0 fully saturated rings. The lowest BCUT2D eigenvalue weighted by atomic mass is 10.2. The molecule has 0 aliphatic carbocycles. The van der Waals surface area contributed by atoms with E-state index >= 15 is 0 Å². The van der Waals surface area contributed by atoms with Crippen LogP contribution >= 0.6 is 0 Å². The monoisotopic (exact) mass is 325 g/mol. The second-order valence-electron chi connectivity index (χ2n) is 5.74. The Balaban J connectivity index is 2.05. The van der Waals surface area contributed by atoms with E-state index in [0.717, 1.165) is 5.39 Å². The summed E-state index contributed by atoms with van der Waals surface area (Å²) in [6, 6.07) is 5.52. The molecule has 3 rings (SSSR count). The zero-order valence-corrected chi connectivity index (χ0v) is 13.7. The third-order valence-electron chi connectivity index (χ3n) is 3.25. The Morgan fingerprint density at radius 2 is 2.00 bits per heavy atom. The SMILES string of the molecule is CC(C)Nc1nc([C@@H](C)O)cc2cnc(Nc3cccnn3)nc12. The van der Waals surface area contributed by atoms with Gasteiger partial charge in [0.05, 0.1) is 11.8 Å². The number of nitrogens with zero attached hydrogens (tertiary/aromatic N) is 5. The van der Waals surface area contributed by atoms with Gasteiger partial charge in [0.25, 0.3) is 0 Å². The number of nitrogens with one attached hydrogen (secondary N) is 2. The van der Waals surface area contributed by atoms with Crippen molar-refractivity contribution in [2.24, 2.45) is 0 Å². The third kappa shape index (κ3) is 3.54. The summed E-state index contributed by atoms with van der Waals surface area (Å²) in [6.07, 6.45) is 2.62. The van der Waals surface area contributed by atoms with Gasteiger partial charge < -0.3 is 15.7 Å². The van der Waals surface area contributed by atoms with Gasteiger partial charge in [-0.25, -0.2) is 15.0 Å². The van der Waals surface area contributed by atoms with E-state index in [9.17, 15) is 5.11 Å². The van der Waals surface area contributed by atoms with E-state index in [2.05, 4.69) is 35.8 Å². The summed E-state index contributed by atoms with van der Waals surface area (Å²) >= 11 is 0. The van der Waals surface area contributed by atoms with Crippen LogP contribution in [0.5, 0.6) is 0 Å². The lowest BCUT2D eigenvalue weighted by Gasteiger charge is -2.14. The van der Waals surface area contributed by atoms with Crippen molar-refractivity contribution in [1.29, 1.82) is 0 Å². The molecule has 0 radical (unpaired) electrons. The maximum atomic E-state index is 9.83. The van der Waals surface area contributed by atoms with Crippen LogP contribution in [-0.4, -0.2) is 36.3 Å². The number of aliphatic hydroxyl groups excluding tert-OH is 1. The van der Waals surface area contributed by atoms with Gasteiger partial charge in [0.2, 0.25) is 5.95 Å². The van der Waals surface area contributed by atoms with Gasteiger partial charge in [-0.2, -0.15) is 5.10 Å². The number of hydrogen-bond donors (Lipinski definition) is 3. The van der Waals surface area contributed by atoms with E-state index in [4.69, 9.17) is 0 Å². The largest absolute Gasteiger partial charge is 0.387 e. The molecule has 0 aliphatic heterocycles. The summed E-state index contributed by atoms with van der Waals surface area (Å²) in [5.74, 6) is 1.58. The van der Waals surface area contributed by atoms with Gasteiger partial charge in [0.15, 0.2) is 11.6 Å². The van der Waals surface area contributed by atoms with E-state index in [1.807, 2.05) is 13.8 Å². The third-order valence-corrected chi connectivity index (χ3v) is 3.25. The van der Waals surface area contributed by atoms with Crippen LogP contribution in [0.15, 0.2) is 30.6 Å². The Morgan fingerprint density at radius 3 is 2.67 bits per heavy atom. The van der Waals surface area contributed by atoms with Gasteiger partial charge in [0, 0.05) is 23.8 Å². The highest BCUT2D eigenvalue weighted by Gasteiger charge is 2.13. The first-order chi connectivity index (χ1) is 11.5. The minimum atomic E-state index is -0.667. The maximum absolute atomic E-state index is 9.83. The van der Waals surface area contributed by atoms with Crippen LogP contribution < -0.4 is 10.6 Å². The predicted octanol–water partition coefficient (Wildman–Crippen LogP) is 2.43. The van der Waals surface area contributed by atoms with E-state index in [0.29, 0.717) is 28.8 Å². The molecule has 0 spiro atoms. The van der Waals surface area contributed by atoms with Crippen molar-refractivity contribution in [2.45, 2.75) is 32.9 Å². The zero-order chi connectivity index (χ0) is 17.1. The molecule has 0 unspecified atom stereocenters. The second kappa shape index (κ2) is 6.71. The molecule has 8 heteroatoms. The molecule has 24 heavy (non-hydrogen) atoms. The first kappa shape index (κ1) is 16.0. The first-order valence-electron chi connectivity index (χ1n) is 7.70. The molecule has 3 N–H and O–H groups in total. The number of anilines is 3. The fourth-order valence-corrected chi connectivity index (χ4v) is 2.19. The first-order valence-corrected chi connectivity index (χ1v) is 7.70. The van der Waals surface area contributed by atoms with Crippen molar-refractivity contribution in [3.63, 3.8) is 0 Å². The molecule has 0 bridgehead atoms. The maximum Gasteiger partial charge on any atom is 0.229 e. The number of pyridine rings is 1. The molecule has 0 saturated heterocycles. The molecule has 3 aromatic heterocycles. The molecule has 0 amide bonds. The lowest BCUT2D eigenvalue weighted by Crippen LogP contribution is -2.13. The number of rotatable bonds is 5. The van der Waals surface area contributed by atoms with Gasteiger partial charge in [-0.3, -0.25) is 0 Å². The van der Waals surface area contributed by atoms with Crippen molar-refractivity contribution < 1.29 is 5.11 Å². The fraction of sp³-hybridized carbons (Fsp3) is 0.312. The Labute approximate surface area is 139 Å². The minimum Gasteiger partial charge on any atom is -0.387 e. The Kier molecular flexibility index (Phi) is 4.48. The molecule has 0 aromatic carbocycles. The van der Waals surface area contributed by atoms with E-state index in [-0.39, 0.29) is 6.04 Å². The molecule has 0 aliphatic rings. The van der Waals surface area contributed by atoms with E-state index in [1.54, 1.807) is 37.5 Å². The van der Waals surface area contributed by atoms with Crippen LogP contribution in [0.2, 0.25) is 0 Å². The standard InChI is InChI=1S/C16H19N7O/c1-9(2)19-15-14-11(7-12(20-15)10(3)24)8-17-16(22-14)21-13-5-4-6-18-23-13/h4-10,24H,1-3H3,(H,19,20)(H,17,21,22,23)/t10-/m1/s1. The molecular weight excluding hydrogens is 306 g/mol. The average molecular weight is 325 g/mol. The molecular formula is C16H19N7O. The number of fused-ring (bicyclic) bond motifs is 1. The van der Waals surface area contributed by atoms with Crippen LogP contribution in [0.25, 0.3) is 10.9 Å². The van der Waals surface area contributed by atoms with Gasteiger partial charge in [-0.05, 0) is 39.0 Å². The predicted molar refractivity (Wildman–Crippen MR) is 92.0 cm³/mol. The number of aliphatic hydroxyl groups is 1. The minimum absolute atomic E-state index is 0.177. The Morgan fingerprint density at radius 1 is 1.17 bits per heavy atom. The van der Waals surface area contributed by atoms with Gasteiger partial charge in [0.1, 0.15) is 5.52 Å². The van der Waals surface area contributed by atoms with Crippen LogP contribution in [-0.2, 0) is 0 Å². The van der Waals surface area contributed by atoms with Crippen molar-refractivity contribution >= 4 is 28.5 Å². The zero-order valence-electron chi connectivity index (χ0n) is 13.7. The summed E-state index contributed by atoms with van der Waals surface area (Å²) in [5, 5.41) is 24.7. The highest BCUT2D eigenvalue weighted by Crippen LogP contribution is 2.25. The van der Waals surface area contributed by atoms with Crippen LogP contribution in [0.4, 0.5) is 17.6 Å². The molecule has 3 aromatic rings. The van der Waals surface area contributed by atoms with Gasteiger partial charge in [-0.15, -0.1) is 5.10 Å². The highest BCUT2D eigenvalue weighted by atomic mass is 16.3.